The molecule has 4 rings (SSSR count). The zero-order valence-electron chi connectivity index (χ0n) is 24.3. The van der Waals surface area contributed by atoms with E-state index in [-0.39, 0.29) is 29.1 Å². The molecule has 224 valence electrons. The van der Waals surface area contributed by atoms with Gasteiger partial charge < -0.3 is 15.0 Å². The number of sulfonamides is 1. The molecule has 1 saturated carbocycles. The van der Waals surface area contributed by atoms with E-state index in [4.69, 9.17) is 16.3 Å². The molecule has 1 aliphatic carbocycles. The standard InChI is InChI=1S/C32H38ClN3O5S/c1-4-30(32(38)34-26-10-5-6-11-26)35(21-24-9-7-8-23(2)20-24)31(37)22-36(27-14-12-25(33)13-15-27)42(39,40)29-18-16-28(41-3)17-19-29/h7-9,12-20,26,30H,4-6,10-11,21-22H2,1-3H3,(H,34,38). The van der Waals surface area contributed by atoms with Gasteiger partial charge in [-0.2, -0.15) is 0 Å². The van der Waals surface area contributed by atoms with Crippen LogP contribution in [0.4, 0.5) is 5.69 Å². The van der Waals surface area contributed by atoms with E-state index in [2.05, 4.69) is 5.32 Å². The molecule has 1 aliphatic rings. The second-order valence-corrected chi connectivity index (χ2v) is 12.9. The number of methoxy groups -OCH3 is 1. The van der Waals surface area contributed by atoms with Gasteiger partial charge in [-0.05, 0) is 80.3 Å². The van der Waals surface area contributed by atoms with Gasteiger partial charge in [-0.25, -0.2) is 8.42 Å². The molecule has 0 heterocycles. The van der Waals surface area contributed by atoms with Gasteiger partial charge >= 0.3 is 0 Å². The Labute approximate surface area is 253 Å². The molecule has 1 N–H and O–H groups in total. The van der Waals surface area contributed by atoms with Gasteiger partial charge in [0.15, 0.2) is 0 Å². The SMILES string of the molecule is CCC(C(=O)NC1CCCC1)N(Cc1cccc(C)c1)C(=O)CN(c1ccc(Cl)cc1)S(=O)(=O)c1ccc(OC)cc1. The molecule has 0 aromatic heterocycles. The van der Waals surface area contributed by atoms with E-state index in [1.54, 1.807) is 36.4 Å². The number of hydrogen-bond donors (Lipinski definition) is 1. The molecule has 42 heavy (non-hydrogen) atoms. The Bertz CT molecular complexity index is 1470. The summed E-state index contributed by atoms with van der Waals surface area (Å²) in [5, 5.41) is 3.56. The van der Waals surface area contributed by atoms with Gasteiger partial charge in [-0.3, -0.25) is 13.9 Å². The average Bonchev–Trinajstić information content (AvgIpc) is 3.49. The molecular weight excluding hydrogens is 574 g/mol. The zero-order valence-corrected chi connectivity index (χ0v) is 25.8. The van der Waals surface area contributed by atoms with E-state index < -0.39 is 28.5 Å². The lowest BCUT2D eigenvalue weighted by Gasteiger charge is -2.34. The molecule has 0 saturated heterocycles. The third-order valence-corrected chi connectivity index (χ3v) is 9.60. The topological polar surface area (TPSA) is 96.0 Å². The highest BCUT2D eigenvalue weighted by Gasteiger charge is 2.34. The predicted octanol–water partition coefficient (Wildman–Crippen LogP) is 5.72. The molecule has 1 atom stereocenters. The van der Waals surface area contributed by atoms with Crippen LogP contribution in [0.2, 0.25) is 5.02 Å². The Hall–Kier alpha value is -3.56. The second-order valence-electron chi connectivity index (χ2n) is 10.6. The minimum Gasteiger partial charge on any atom is -0.497 e. The van der Waals surface area contributed by atoms with Crippen molar-refractivity contribution in [2.24, 2.45) is 0 Å². The number of rotatable bonds is 12. The number of hydrogen-bond acceptors (Lipinski definition) is 5. The first-order chi connectivity index (χ1) is 20.1. The highest BCUT2D eigenvalue weighted by molar-refractivity contribution is 7.92. The first-order valence-electron chi connectivity index (χ1n) is 14.2. The number of nitrogens with one attached hydrogen (secondary N) is 1. The lowest BCUT2D eigenvalue weighted by Crippen LogP contribution is -2.53. The van der Waals surface area contributed by atoms with Crippen LogP contribution in [0.1, 0.15) is 50.2 Å². The highest BCUT2D eigenvalue weighted by Crippen LogP contribution is 2.27. The summed E-state index contributed by atoms with van der Waals surface area (Å²) in [6, 6.07) is 19.3. The number of aryl methyl sites for hydroxylation is 1. The fourth-order valence-corrected chi connectivity index (χ4v) is 6.85. The van der Waals surface area contributed by atoms with Crippen molar-refractivity contribution in [3.05, 3.63) is 88.9 Å². The maximum absolute atomic E-state index is 14.2. The molecule has 8 nitrogen and oxygen atoms in total. The predicted molar refractivity (Wildman–Crippen MR) is 165 cm³/mol. The smallest absolute Gasteiger partial charge is 0.264 e. The van der Waals surface area contributed by atoms with Crippen molar-refractivity contribution in [3.8, 4) is 5.75 Å². The summed E-state index contributed by atoms with van der Waals surface area (Å²) in [4.78, 5) is 29.2. The van der Waals surface area contributed by atoms with Crippen LogP contribution in [0, 0.1) is 6.92 Å². The van der Waals surface area contributed by atoms with Gasteiger partial charge in [0.2, 0.25) is 11.8 Å². The molecule has 3 aromatic rings. The van der Waals surface area contributed by atoms with Gasteiger partial charge in [0.25, 0.3) is 10.0 Å². The van der Waals surface area contributed by atoms with Crippen LogP contribution in [0.25, 0.3) is 0 Å². The van der Waals surface area contributed by atoms with Crippen molar-refractivity contribution in [1.29, 1.82) is 0 Å². The van der Waals surface area contributed by atoms with Crippen molar-refractivity contribution in [3.63, 3.8) is 0 Å². The van der Waals surface area contributed by atoms with Gasteiger partial charge in [-0.15, -0.1) is 0 Å². The Morgan fingerprint density at radius 1 is 1.02 bits per heavy atom. The van der Waals surface area contributed by atoms with Crippen molar-refractivity contribution in [2.45, 2.75) is 69.5 Å². The Morgan fingerprint density at radius 2 is 1.69 bits per heavy atom. The second kappa shape index (κ2) is 14.1. The van der Waals surface area contributed by atoms with Crippen LogP contribution in [0.3, 0.4) is 0 Å². The van der Waals surface area contributed by atoms with Crippen LogP contribution in [-0.4, -0.2) is 50.9 Å². The Kier molecular flexibility index (Phi) is 10.5. The quantitative estimate of drug-likeness (QED) is 0.283. The monoisotopic (exact) mass is 611 g/mol. The van der Waals surface area contributed by atoms with Gasteiger partial charge in [0, 0.05) is 17.6 Å². The minimum absolute atomic E-state index is 0.00213. The van der Waals surface area contributed by atoms with E-state index in [1.807, 2.05) is 38.1 Å². The minimum atomic E-state index is -4.18. The van der Waals surface area contributed by atoms with E-state index in [0.717, 1.165) is 41.1 Å². The largest absolute Gasteiger partial charge is 0.497 e. The molecule has 2 amide bonds. The lowest BCUT2D eigenvalue weighted by molar-refractivity contribution is -0.140. The van der Waals surface area contributed by atoms with E-state index in [9.17, 15) is 18.0 Å². The Balaban J connectivity index is 1.71. The highest BCUT2D eigenvalue weighted by atomic mass is 35.5. The third-order valence-electron chi connectivity index (χ3n) is 7.56. The normalized spacial score (nSPS) is 14.3. The summed E-state index contributed by atoms with van der Waals surface area (Å²) in [7, 11) is -2.69. The zero-order chi connectivity index (χ0) is 30.3. The maximum atomic E-state index is 14.2. The fraction of sp³-hybridized carbons (Fsp3) is 0.375. The van der Waals surface area contributed by atoms with Gasteiger partial charge in [0.05, 0.1) is 17.7 Å². The van der Waals surface area contributed by atoms with Crippen molar-refractivity contribution in [2.75, 3.05) is 18.0 Å². The summed E-state index contributed by atoms with van der Waals surface area (Å²) in [6.07, 6.45) is 4.33. The van der Waals surface area contributed by atoms with E-state index >= 15 is 0 Å². The van der Waals surface area contributed by atoms with E-state index in [0.29, 0.717) is 17.2 Å². The van der Waals surface area contributed by atoms with E-state index in [1.165, 1.54) is 24.1 Å². The third kappa shape index (κ3) is 7.63. The van der Waals surface area contributed by atoms with Gasteiger partial charge in [0.1, 0.15) is 18.3 Å². The molecule has 1 fully saturated rings. The molecular formula is C32H38ClN3O5S. The molecule has 3 aromatic carbocycles. The number of nitrogens with zero attached hydrogens (tertiary/aromatic N) is 2. The molecule has 1 unspecified atom stereocenters. The van der Waals surface area contributed by atoms with Gasteiger partial charge in [-0.1, -0.05) is 61.2 Å². The average molecular weight is 612 g/mol. The molecule has 0 radical (unpaired) electrons. The fourth-order valence-electron chi connectivity index (χ4n) is 5.31. The number of amides is 2. The summed E-state index contributed by atoms with van der Waals surface area (Å²) < 4.78 is 34.2. The Morgan fingerprint density at radius 3 is 2.29 bits per heavy atom. The summed E-state index contributed by atoms with van der Waals surface area (Å²) >= 11 is 6.10. The number of benzene rings is 3. The van der Waals surface area contributed by atoms with Crippen LogP contribution in [-0.2, 0) is 26.2 Å². The molecule has 0 bridgehead atoms. The lowest BCUT2D eigenvalue weighted by atomic mass is 10.1. The number of anilines is 1. The maximum Gasteiger partial charge on any atom is 0.264 e. The number of carbonyl (C=O) groups is 2. The summed E-state index contributed by atoms with van der Waals surface area (Å²) in [6.45, 7) is 3.48. The first kappa shape index (κ1) is 31.4. The first-order valence-corrected chi connectivity index (χ1v) is 16.0. The number of halogens is 1. The van der Waals surface area contributed by atoms with Crippen LogP contribution in [0.15, 0.2) is 77.7 Å². The van der Waals surface area contributed by atoms with Crippen LogP contribution >= 0.6 is 11.6 Å². The number of carbonyl (C=O) groups excluding carboxylic acids is 2. The van der Waals surface area contributed by atoms with Crippen molar-refractivity contribution >= 4 is 39.1 Å². The number of ether oxygens (including phenoxy) is 1. The summed E-state index contributed by atoms with van der Waals surface area (Å²) in [5.74, 6) is -0.204. The summed E-state index contributed by atoms with van der Waals surface area (Å²) in [5.41, 5.74) is 2.15. The van der Waals surface area contributed by atoms with Crippen molar-refractivity contribution < 1.29 is 22.7 Å². The molecule has 10 heteroatoms. The van der Waals surface area contributed by atoms with Crippen LogP contribution in [0.5, 0.6) is 5.75 Å². The van der Waals surface area contributed by atoms with Crippen molar-refractivity contribution in [1.82, 2.24) is 10.2 Å². The molecule has 0 aliphatic heterocycles. The van der Waals surface area contributed by atoms with Crippen LogP contribution < -0.4 is 14.4 Å². The molecule has 0 spiro atoms.